The lowest BCUT2D eigenvalue weighted by Crippen LogP contribution is -2.03. The minimum atomic E-state index is 0.592. The quantitative estimate of drug-likeness (QED) is 0.710. The van der Waals surface area contributed by atoms with Gasteiger partial charge >= 0.3 is 0 Å². The van der Waals surface area contributed by atoms with Gasteiger partial charge in [-0.3, -0.25) is 9.67 Å². The Morgan fingerprint density at radius 3 is 2.74 bits per heavy atom. The van der Waals surface area contributed by atoms with Gasteiger partial charge < -0.3 is 5.73 Å². The van der Waals surface area contributed by atoms with E-state index >= 15 is 0 Å². The zero-order chi connectivity index (χ0) is 15.6. The predicted molar refractivity (Wildman–Crippen MR) is 91.0 cm³/mol. The number of para-hydroxylation sites is 2. The summed E-state index contributed by atoms with van der Waals surface area (Å²) < 4.78 is 2.05. The molecule has 2 aromatic heterocycles. The van der Waals surface area contributed by atoms with E-state index in [1.807, 2.05) is 30.5 Å². The van der Waals surface area contributed by atoms with Gasteiger partial charge in [-0.2, -0.15) is 5.10 Å². The van der Waals surface area contributed by atoms with Gasteiger partial charge in [-0.1, -0.05) is 12.1 Å². The van der Waals surface area contributed by atoms with Crippen LogP contribution in [0.15, 0.2) is 36.7 Å². The molecule has 1 aliphatic carbocycles. The molecule has 1 aliphatic rings. The molecule has 0 atom stereocenters. The molecule has 3 aromatic rings. The van der Waals surface area contributed by atoms with Crippen molar-refractivity contribution < 1.29 is 0 Å². The maximum absolute atomic E-state index is 5.58. The van der Waals surface area contributed by atoms with E-state index in [0.717, 1.165) is 48.2 Å². The molecule has 5 nitrogen and oxygen atoms in total. The highest BCUT2D eigenvalue weighted by atomic mass is 15.3. The van der Waals surface area contributed by atoms with Crippen LogP contribution < -0.4 is 5.73 Å². The fourth-order valence-electron chi connectivity index (χ4n) is 2.91. The number of rotatable bonds is 6. The topological polar surface area (TPSA) is 69.6 Å². The molecule has 2 heterocycles. The van der Waals surface area contributed by atoms with Crippen LogP contribution in [-0.2, 0) is 6.54 Å². The molecule has 0 bridgehead atoms. The Balaban J connectivity index is 1.70. The van der Waals surface area contributed by atoms with Crippen molar-refractivity contribution >= 4 is 11.0 Å². The zero-order valence-electron chi connectivity index (χ0n) is 13.2. The Labute approximate surface area is 135 Å². The van der Waals surface area contributed by atoms with Crippen LogP contribution in [0.25, 0.3) is 22.3 Å². The maximum Gasteiger partial charge on any atom is 0.0927 e. The normalized spacial score (nSPS) is 14.5. The summed E-state index contributed by atoms with van der Waals surface area (Å²) in [6.45, 7) is 1.65. The predicted octanol–water partition coefficient (Wildman–Crippen LogP) is 3.11. The van der Waals surface area contributed by atoms with Crippen molar-refractivity contribution in [1.82, 2.24) is 19.7 Å². The van der Waals surface area contributed by atoms with E-state index in [2.05, 4.69) is 15.9 Å². The number of hydrogen-bond donors (Lipinski definition) is 1. The van der Waals surface area contributed by atoms with Crippen molar-refractivity contribution in [2.45, 2.75) is 38.1 Å². The highest BCUT2D eigenvalue weighted by molar-refractivity contribution is 5.77. The van der Waals surface area contributed by atoms with Gasteiger partial charge in [0.15, 0.2) is 0 Å². The van der Waals surface area contributed by atoms with Crippen LogP contribution in [-0.4, -0.2) is 26.3 Å². The third-order valence-corrected chi connectivity index (χ3v) is 4.32. The lowest BCUT2D eigenvalue weighted by atomic mass is 10.1. The van der Waals surface area contributed by atoms with Crippen LogP contribution in [0, 0.1) is 0 Å². The van der Waals surface area contributed by atoms with E-state index in [4.69, 9.17) is 15.8 Å². The second kappa shape index (κ2) is 6.08. The standard InChI is InChI=1S/C18H21N5/c19-9-3-4-10-23-12-14(18(22-23)13-7-8-13)17-11-20-15-5-1-2-6-16(15)21-17/h1-2,5-6,11-13H,3-4,7-10,19H2. The van der Waals surface area contributed by atoms with Gasteiger partial charge in [0, 0.05) is 24.2 Å². The summed E-state index contributed by atoms with van der Waals surface area (Å²) in [6.07, 6.45) is 8.55. The molecule has 0 aliphatic heterocycles. The Bertz CT molecular complexity index is 819. The first-order valence-corrected chi connectivity index (χ1v) is 8.35. The Morgan fingerprint density at radius 1 is 1.13 bits per heavy atom. The van der Waals surface area contributed by atoms with Gasteiger partial charge in [0.25, 0.3) is 0 Å². The number of nitrogens with zero attached hydrogens (tertiary/aromatic N) is 4. The molecule has 1 aromatic carbocycles. The smallest absolute Gasteiger partial charge is 0.0927 e. The first kappa shape index (κ1) is 14.3. The van der Waals surface area contributed by atoms with Gasteiger partial charge in [0.1, 0.15) is 0 Å². The zero-order valence-corrected chi connectivity index (χ0v) is 13.2. The number of aromatic nitrogens is 4. The van der Waals surface area contributed by atoms with E-state index in [1.54, 1.807) is 0 Å². The molecular weight excluding hydrogens is 286 g/mol. The van der Waals surface area contributed by atoms with Gasteiger partial charge in [-0.05, 0) is 44.4 Å². The van der Waals surface area contributed by atoms with Crippen LogP contribution in [0.5, 0.6) is 0 Å². The number of hydrogen-bond acceptors (Lipinski definition) is 4. The summed E-state index contributed by atoms with van der Waals surface area (Å²) in [5.74, 6) is 0.592. The van der Waals surface area contributed by atoms with Crippen molar-refractivity contribution in [1.29, 1.82) is 0 Å². The molecule has 1 fully saturated rings. The van der Waals surface area contributed by atoms with Crippen LogP contribution in [0.3, 0.4) is 0 Å². The molecule has 118 valence electrons. The number of unbranched alkanes of at least 4 members (excludes halogenated alkanes) is 1. The number of benzene rings is 1. The van der Waals surface area contributed by atoms with E-state index in [1.165, 1.54) is 18.5 Å². The van der Waals surface area contributed by atoms with Crippen molar-refractivity contribution in [2.75, 3.05) is 6.54 Å². The highest BCUT2D eigenvalue weighted by Crippen LogP contribution is 2.43. The van der Waals surface area contributed by atoms with E-state index < -0.39 is 0 Å². The van der Waals surface area contributed by atoms with E-state index in [9.17, 15) is 0 Å². The number of fused-ring (bicyclic) bond motifs is 1. The van der Waals surface area contributed by atoms with E-state index in [0.29, 0.717) is 5.92 Å². The third-order valence-electron chi connectivity index (χ3n) is 4.32. The first-order valence-electron chi connectivity index (χ1n) is 8.35. The summed E-state index contributed by atoms with van der Waals surface area (Å²) in [6, 6.07) is 7.99. The number of nitrogens with two attached hydrogens (primary N) is 1. The van der Waals surface area contributed by atoms with Crippen LogP contribution in [0.2, 0.25) is 0 Å². The summed E-state index contributed by atoms with van der Waals surface area (Å²) in [5.41, 5.74) is 10.7. The molecule has 23 heavy (non-hydrogen) atoms. The lowest BCUT2D eigenvalue weighted by Gasteiger charge is -2.02. The van der Waals surface area contributed by atoms with Crippen molar-refractivity contribution in [3.63, 3.8) is 0 Å². The Kier molecular flexibility index (Phi) is 3.79. The highest BCUT2D eigenvalue weighted by Gasteiger charge is 2.30. The molecule has 5 heteroatoms. The molecule has 0 spiro atoms. The van der Waals surface area contributed by atoms with Gasteiger partial charge in [-0.25, -0.2) is 4.98 Å². The molecule has 0 saturated heterocycles. The first-order chi connectivity index (χ1) is 11.3. The van der Waals surface area contributed by atoms with Gasteiger partial charge in [0.2, 0.25) is 0 Å². The van der Waals surface area contributed by atoms with Crippen molar-refractivity contribution in [2.24, 2.45) is 5.73 Å². The third kappa shape index (κ3) is 2.97. The second-order valence-electron chi connectivity index (χ2n) is 6.21. The molecule has 0 radical (unpaired) electrons. The SMILES string of the molecule is NCCCCn1cc(-c2cnc3ccccc3n2)c(C2CC2)n1. The average molecular weight is 307 g/mol. The monoisotopic (exact) mass is 307 g/mol. The minimum Gasteiger partial charge on any atom is -0.330 e. The average Bonchev–Trinajstić information content (AvgIpc) is 3.35. The van der Waals surface area contributed by atoms with Gasteiger partial charge in [0.05, 0.1) is 28.6 Å². The number of aryl methyl sites for hydroxylation is 1. The summed E-state index contributed by atoms with van der Waals surface area (Å²) >= 11 is 0. The van der Waals surface area contributed by atoms with Crippen LogP contribution in [0.1, 0.15) is 37.3 Å². The van der Waals surface area contributed by atoms with Crippen LogP contribution in [0.4, 0.5) is 0 Å². The Hall–Kier alpha value is -2.27. The fraction of sp³-hybridized carbons (Fsp3) is 0.389. The maximum atomic E-state index is 5.58. The molecule has 0 unspecified atom stereocenters. The van der Waals surface area contributed by atoms with Crippen molar-refractivity contribution in [3.05, 3.63) is 42.4 Å². The summed E-state index contributed by atoms with van der Waals surface area (Å²) in [5, 5.41) is 4.81. The van der Waals surface area contributed by atoms with Crippen molar-refractivity contribution in [3.8, 4) is 11.3 Å². The summed E-state index contributed by atoms with van der Waals surface area (Å²) in [4.78, 5) is 9.34. The lowest BCUT2D eigenvalue weighted by molar-refractivity contribution is 0.556. The molecule has 2 N–H and O–H groups in total. The van der Waals surface area contributed by atoms with E-state index in [-0.39, 0.29) is 0 Å². The summed E-state index contributed by atoms with van der Waals surface area (Å²) in [7, 11) is 0. The largest absolute Gasteiger partial charge is 0.330 e. The second-order valence-corrected chi connectivity index (χ2v) is 6.21. The molecule has 4 rings (SSSR count). The molecular formula is C18H21N5. The molecule has 1 saturated carbocycles. The Morgan fingerprint density at radius 2 is 1.96 bits per heavy atom. The molecule has 0 amide bonds. The fourth-order valence-corrected chi connectivity index (χ4v) is 2.91. The minimum absolute atomic E-state index is 0.592. The van der Waals surface area contributed by atoms with Crippen LogP contribution >= 0.6 is 0 Å². The van der Waals surface area contributed by atoms with Gasteiger partial charge in [-0.15, -0.1) is 0 Å².